The number of carbonyl (C=O) groups is 1. The Hall–Kier alpha value is -3.70. The number of ether oxygens (including phenoxy) is 1. The summed E-state index contributed by atoms with van der Waals surface area (Å²) in [6.07, 6.45) is 11.5. The zero-order chi connectivity index (χ0) is 28.4. The lowest BCUT2D eigenvalue weighted by Gasteiger charge is -2.39. The van der Waals surface area contributed by atoms with Gasteiger partial charge in [0.2, 0.25) is 5.91 Å². The van der Waals surface area contributed by atoms with Crippen molar-refractivity contribution < 1.29 is 19.1 Å². The zero-order valence-electron chi connectivity index (χ0n) is 23.6. The molecule has 0 aliphatic heterocycles. The van der Waals surface area contributed by atoms with Crippen LogP contribution in [0.3, 0.4) is 0 Å². The third-order valence-corrected chi connectivity index (χ3v) is 9.30. The van der Waals surface area contributed by atoms with Crippen molar-refractivity contribution in [3.05, 3.63) is 59.9 Å². The maximum absolute atomic E-state index is 13.1. The number of nitrogens with one attached hydrogen (secondary N) is 1. The number of nitrogens with zero attached hydrogens (tertiary/aromatic N) is 3. The summed E-state index contributed by atoms with van der Waals surface area (Å²) in [4.78, 5) is 22.3. The number of nitriles is 1. The predicted octanol–water partition coefficient (Wildman–Crippen LogP) is 6.72. The van der Waals surface area contributed by atoms with Crippen molar-refractivity contribution in [3.8, 4) is 23.1 Å². The highest BCUT2D eigenvalue weighted by Crippen LogP contribution is 2.43. The number of aliphatic hydroxyl groups is 1. The van der Waals surface area contributed by atoms with Crippen LogP contribution in [0.25, 0.3) is 11.3 Å². The lowest BCUT2D eigenvalue weighted by atomic mass is 9.70. The molecule has 8 nitrogen and oxygen atoms in total. The van der Waals surface area contributed by atoms with Crippen LogP contribution in [-0.2, 0) is 4.79 Å². The highest BCUT2D eigenvalue weighted by atomic mass is 16.5. The van der Waals surface area contributed by atoms with Crippen LogP contribution >= 0.6 is 0 Å². The Morgan fingerprint density at radius 1 is 1.07 bits per heavy atom. The Bertz CT molecular complexity index is 1420. The minimum Gasteiger partial charge on any atom is -0.494 e. The number of anilines is 1. The van der Waals surface area contributed by atoms with Crippen LogP contribution in [0.1, 0.15) is 99.7 Å². The van der Waals surface area contributed by atoms with Crippen LogP contribution in [0.15, 0.2) is 47.1 Å². The van der Waals surface area contributed by atoms with Gasteiger partial charge in [-0.3, -0.25) is 4.79 Å². The fourth-order valence-electron chi connectivity index (χ4n) is 6.69. The van der Waals surface area contributed by atoms with Crippen molar-refractivity contribution in [2.24, 2.45) is 11.8 Å². The van der Waals surface area contributed by atoms with E-state index in [1.165, 1.54) is 0 Å². The summed E-state index contributed by atoms with van der Waals surface area (Å²) in [7, 11) is 1.55. The van der Waals surface area contributed by atoms with Crippen molar-refractivity contribution in [3.63, 3.8) is 0 Å². The maximum Gasteiger partial charge on any atom is 0.227 e. The van der Waals surface area contributed by atoms with E-state index in [4.69, 9.17) is 9.15 Å². The van der Waals surface area contributed by atoms with Crippen LogP contribution < -0.4 is 10.1 Å². The van der Waals surface area contributed by atoms with Gasteiger partial charge in [-0.2, -0.15) is 5.26 Å². The minimum absolute atomic E-state index is 0.0206. The molecule has 8 heteroatoms. The first-order valence-corrected chi connectivity index (χ1v) is 15.0. The first kappa shape index (κ1) is 27.5. The van der Waals surface area contributed by atoms with Crippen molar-refractivity contribution in [2.75, 3.05) is 12.4 Å². The Labute approximate surface area is 241 Å². The summed E-state index contributed by atoms with van der Waals surface area (Å²) in [5, 5.41) is 23.9. The maximum atomic E-state index is 13.1. The Kier molecular flexibility index (Phi) is 7.81. The van der Waals surface area contributed by atoms with Crippen LogP contribution in [0.2, 0.25) is 0 Å². The predicted molar refractivity (Wildman–Crippen MR) is 154 cm³/mol. The van der Waals surface area contributed by atoms with Crippen molar-refractivity contribution in [1.82, 2.24) is 9.97 Å². The molecular weight excluding hydrogens is 516 g/mol. The highest BCUT2D eigenvalue weighted by Gasteiger charge is 2.38. The number of carbonyl (C=O) groups excluding carboxylic acids is 1. The van der Waals surface area contributed by atoms with Gasteiger partial charge in [0.1, 0.15) is 18.0 Å². The third kappa shape index (κ3) is 6.31. The van der Waals surface area contributed by atoms with E-state index in [2.05, 4.69) is 21.4 Å². The number of rotatable bonds is 8. The number of amides is 1. The van der Waals surface area contributed by atoms with Crippen LogP contribution in [0.4, 0.5) is 5.69 Å². The summed E-state index contributed by atoms with van der Waals surface area (Å²) < 4.78 is 10.9. The van der Waals surface area contributed by atoms with Gasteiger partial charge in [-0.1, -0.05) is 12.1 Å². The Morgan fingerprint density at radius 3 is 2.54 bits per heavy atom. The fraction of sp³-hybridized carbons (Fsp3) is 0.515. The van der Waals surface area contributed by atoms with Crippen LogP contribution in [0, 0.1) is 23.2 Å². The molecule has 3 fully saturated rings. The Balaban J connectivity index is 0.980. The monoisotopic (exact) mass is 554 g/mol. The van der Waals surface area contributed by atoms with E-state index in [0.29, 0.717) is 54.9 Å². The second-order valence-electron chi connectivity index (χ2n) is 12.2. The lowest BCUT2D eigenvalue weighted by molar-refractivity contribution is -0.123. The van der Waals surface area contributed by atoms with Crippen molar-refractivity contribution >= 4 is 11.6 Å². The van der Waals surface area contributed by atoms with Crippen molar-refractivity contribution in [1.29, 1.82) is 5.26 Å². The van der Waals surface area contributed by atoms with E-state index in [0.717, 1.165) is 73.5 Å². The molecule has 0 unspecified atom stereocenters. The molecule has 0 atom stereocenters. The van der Waals surface area contributed by atoms with Gasteiger partial charge in [-0.05, 0) is 101 Å². The van der Waals surface area contributed by atoms with E-state index < -0.39 is 5.60 Å². The molecule has 1 aromatic carbocycles. The third-order valence-electron chi connectivity index (χ3n) is 9.30. The summed E-state index contributed by atoms with van der Waals surface area (Å²) in [5.41, 5.74) is 3.08. The average molecular weight is 555 g/mol. The number of oxazole rings is 1. The topological polar surface area (TPSA) is 121 Å². The standard InChI is InChI=1S/C33H38N4O4/c1-40-30-12-11-27(36-28(30)19-34)22-7-5-21(6-8-22)18-33(39)15-13-23(14-16-33)31(38)35-26-4-2-3-25(17-26)29-20-41-32(37-29)24-9-10-24/h2-4,11-12,17,20-24,39H,5-10,13-16,18H2,1H3,(H,35,38)/t21-,22-,23-,33-. The van der Waals surface area contributed by atoms with E-state index >= 15 is 0 Å². The molecular formula is C33H38N4O4. The SMILES string of the molecule is COc1ccc([C@H]2CC[C@H](C[C@]3(O)CC[C@H](C(=O)Nc4cccc(-c5coc(C6CC6)n5)c4)CC3)CC2)nc1C#N. The number of aromatic nitrogens is 2. The summed E-state index contributed by atoms with van der Waals surface area (Å²) in [6, 6.07) is 13.7. The van der Waals surface area contributed by atoms with Gasteiger partial charge >= 0.3 is 0 Å². The molecule has 2 N–H and O–H groups in total. The van der Waals surface area contributed by atoms with E-state index in [9.17, 15) is 15.2 Å². The summed E-state index contributed by atoms with van der Waals surface area (Å²) in [6.45, 7) is 0. The second-order valence-corrected chi connectivity index (χ2v) is 12.2. The first-order valence-electron chi connectivity index (χ1n) is 15.0. The second kappa shape index (κ2) is 11.7. The molecule has 3 saturated carbocycles. The minimum atomic E-state index is -0.702. The van der Waals surface area contributed by atoms with Crippen LogP contribution in [-0.4, -0.2) is 33.7 Å². The number of benzene rings is 1. The number of hydrogen-bond acceptors (Lipinski definition) is 7. The Morgan fingerprint density at radius 2 is 1.83 bits per heavy atom. The molecule has 3 aliphatic carbocycles. The molecule has 0 saturated heterocycles. The van der Waals surface area contributed by atoms with Crippen LogP contribution in [0.5, 0.6) is 5.75 Å². The molecule has 6 rings (SSSR count). The molecule has 1 amide bonds. The van der Waals surface area contributed by atoms with Gasteiger partial charge in [0.15, 0.2) is 17.3 Å². The molecule has 2 aromatic heterocycles. The zero-order valence-corrected chi connectivity index (χ0v) is 23.6. The summed E-state index contributed by atoms with van der Waals surface area (Å²) >= 11 is 0. The fourth-order valence-corrected chi connectivity index (χ4v) is 6.69. The van der Waals surface area contributed by atoms with Gasteiger partial charge in [-0.25, -0.2) is 9.97 Å². The normalized spacial score (nSPS) is 26.2. The molecule has 0 spiro atoms. The average Bonchev–Trinajstić information content (AvgIpc) is 3.73. The smallest absolute Gasteiger partial charge is 0.227 e. The first-order chi connectivity index (χ1) is 19.9. The van der Waals surface area contributed by atoms with Crippen molar-refractivity contribution in [2.45, 2.75) is 88.1 Å². The molecule has 41 heavy (non-hydrogen) atoms. The van der Waals surface area contributed by atoms with Gasteiger partial charge in [0.25, 0.3) is 0 Å². The quantitative estimate of drug-likeness (QED) is 0.317. The number of hydrogen-bond donors (Lipinski definition) is 2. The molecule has 0 bridgehead atoms. The number of methoxy groups -OCH3 is 1. The molecule has 3 aliphatic rings. The molecule has 214 valence electrons. The van der Waals surface area contributed by atoms with Gasteiger partial charge in [-0.15, -0.1) is 0 Å². The highest BCUT2D eigenvalue weighted by molar-refractivity contribution is 5.93. The molecule has 3 aromatic rings. The summed E-state index contributed by atoms with van der Waals surface area (Å²) in [5.74, 6) is 2.50. The largest absolute Gasteiger partial charge is 0.494 e. The molecule has 0 radical (unpaired) electrons. The van der Waals surface area contributed by atoms with Gasteiger partial charge < -0.3 is 19.6 Å². The van der Waals surface area contributed by atoms with E-state index in [-0.39, 0.29) is 11.8 Å². The van der Waals surface area contributed by atoms with Gasteiger partial charge in [0.05, 0.1) is 12.7 Å². The molecule has 2 heterocycles. The van der Waals surface area contributed by atoms with E-state index in [1.807, 2.05) is 36.4 Å². The van der Waals surface area contributed by atoms with E-state index in [1.54, 1.807) is 13.4 Å². The number of pyridine rings is 1. The van der Waals surface area contributed by atoms with Gasteiger partial charge in [0, 0.05) is 34.7 Å². The lowest BCUT2D eigenvalue weighted by Crippen LogP contribution is -2.39.